The van der Waals surface area contributed by atoms with E-state index in [0.717, 1.165) is 25.7 Å². The molecule has 1 aliphatic rings. The molecule has 0 saturated heterocycles. The van der Waals surface area contributed by atoms with Gasteiger partial charge >= 0.3 is 0 Å². The van der Waals surface area contributed by atoms with E-state index in [1.807, 2.05) is 18.2 Å². The molecule has 162 valence electrons. The van der Waals surface area contributed by atoms with Crippen molar-refractivity contribution >= 4 is 5.91 Å². The molecule has 7 heteroatoms. The molecule has 6 nitrogen and oxygen atoms in total. The molecule has 2 aromatic rings. The number of hydrogen-bond donors (Lipinski definition) is 1. The van der Waals surface area contributed by atoms with Crippen molar-refractivity contribution in [1.29, 1.82) is 0 Å². The Morgan fingerprint density at radius 2 is 1.67 bits per heavy atom. The van der Waals surface area contributed by atoms with Crippen LogP contribution < -0.4 is 24.3 Å². The zero-order chi connectivity index (χ0) is 21.5. The van der Waals surface area contributed by atoms with Crippen molar-refractivity contribution in [3.05, 3.63) is 47.8 Å². The molecule has 1 aliphatic carbocycles. The number of methoxy groups -OCH3 is 3. The lowest BCUT2D eigenvalue weighted by Gasteiger charge is -2.30. The van der Waals surface area contributed by atoms with Gasteiger partial charge in [-0.1, -0.05) is 12.1 Å². The molecule has 0 radical (unpaired) electrons. The second-order valence-electron chi connectivity index (χ2n) is 7.30. The van der Waals surface area contributed by atoms with E-state index in [4.69, 9.17) is 18.9 Å². The van der Waals surface area contributed by atoms with Crippen molar-refractivity contribution in [2.24, 2.45) is 0 Å². The van der Waals surface area contributed by atoms with Gasteiger partial charge < -0.3 is 24.3 Å². The molecule has 0 aliphatic heterocycles. The minimum absolute atomic E-state index is 0.0508. The Balaban J connectivity index is 1.49. The molecule has 0 spiro atoms. The fourth-order valence-corrected chi connectivity index (χ4v) is 3.74. The lowest BCUT2D eigenvalue weighted by molar-refractivity contribution is -0.121. The van der Waals surface area contributed by atoms with Crippen molar-refractivity contribution in [1.82, 2.24) is 5.32 Å². The van der Waals surface area contributed by atoms with Crippen molar-refractivity contribution < 1.29 is 28.1 Å². The van der Waals surface area contributed by atoms with Gasteiger partial charge in [0.25, 0.3) is 0 Å². The lowest BCUT2D eigenvalue weighted by atomic mass is 9.92. The molecule has 1 N–H and O–H groups in total. The molecule has 1 fully saturated rings. The molecular weight excluding hydrogens is 389 g/mol. The number of halogens is 1. The first-order chi connectivity index (χ1) is 14.5. The first-order valence-electron chi connectivity index (χ1n) is 10.0. The predicted molar refractivity (Wildman–Crippen MR) is 111 cm³/mol. The molecular formula is C23H28FNO5. The van der Waals surface area contributed by atoms with Gasteiger partial charge in [0.1, 0.15) is 0 Å². The number of carbonyl (C=O) groups excluding carboxylic acids is 1. The monoisotopic (exact) mass is 417 g/mol. The van der Waals surface area contributed by atoms with Crippen LogP contribution in [0.15, 0.2) is 36.4 Å². The third kappa shape index (κ3) is 5.34. The van der Waals surface area contributed by atoms with E-state index in [9.17, 15) is 9.18 Å². The van der Waals surface area contributed by atoms with E-state index in [1.54, 1.807) is 20.3 Å². The highest BCUT2D eigenvalue weighted by Gasteiger charge is 2.25. The average Bonchev–Trinajstić information content (AvgIpc) is 2.75. The smallest absolute Gasteiger partial charge is 0.224 e. The predicted octanol–water partition coefficient (Wildman–Crippen LogP) is 3.90. The van der Waals surface area contributed by atoms with Crippen LogP contribution in [0.4, 0.5) is 4.39 Å². The minimum atomic E-state index is -0.464. The summed E-state index contributed by atoms with van der Waals surface area (Å²) in [5.74, 6) is 1.47. The molecule has 2 aromatic carbocycles. The maximum atomic E-state index is 13.8. The maximum absolute atomic E-state index is 13.8. The summed E-state index contributed by atoms with van der Waals surface area (Å²) in [5, 5.41) is 3.05. The third-order valence-corrected chi connectivity index (χ3v) is 5.28. The number of benzene rings is 2. The van der Waals surface area contributed by atoms with Gasteiger partial charge in [0.15, 0.2) is 23.1 Å². The first-order valence-corrected chi connectivity index (χ1v) is 10.0. The minimum Gasteiger partial charge on any atom is -0.494 e. The van der Waals surface area contributed by atoms with E-state index >= 15 is 0 Å². The topological polar surface area (TPSA) is 66.0 Å². The summed E-state index contributed by atoms with van der Waals surface area (Å²) in [6.45, 7) is 0. The Morgan fingerprint density at radius 3 is 2.30 bits per heavy atom. The van der Waals surface area contributed by atoms with Crippen molar-refractivity contribution in [2.45, 2.75) is 44.2 Å². The number of amides is 1. The van der Waals surface area contributed by atoms with E-state index in [-0.39, 0.29) is 30.2 Å². The van der Waals surface area contributed by atoms with Crippen LogP contribution in [-0.4, -0.2) is 39.4 Å². The van der Waals surface area contributed by atoms with Crippen LogP contribution in [0.25, 0.3) is 0 Å². The number of carbonyl (C=O) groups is 1. The van der Waals surface area contributed by atoms with E-state index in [0.29, 0.717) is 22.8 Å². The second-order valence-corrected chi connectivity index (χ2v) is 7.30. The number of ether oxygens (including phenoxy) is 4. The molecule has 3 rings (SSSR count). The fraction of sp³-hybridized carbons (Fsp3) is 0.435. The standard InChI is InChI=1S/C23H28FNO5/c1-27-19-12-7-15(13-18(19)24)14-22(26)25-16-8-10-17(11-9-16)30-21-6-4-5-20(28-2)23(21)29-3/h4-7,12-13,16-17H,8-11,14H2,1-3H3,(H,25,26). The normalized spacial score (nSPS) is 18.4. The van der Waals surface area contributed by atoms with Crippen LogP contribution >= 0.6 is 0 Å². The van der Waals surface area contributed by atoms with Gasteiger partial charge in [0.2, 0.25) is 11.7 Å². The zero-order valence-corrected chi connectivity index (χ0v) is 17.6. The van der Waals surface area contributed by atoms with E-state index < -0.39 is 5.82 Å². The van der Waals surface area contributed by atoms with Crippen molar-refractivity contribution in [2.75, 3.05) is 21.3 Å². The van der Waals surface area contributed by atoms with Crippen LogP contribution in [-0.2, 0) is 11.2 Å². The van der Waals surface area contributed by atoms with E-state index in [2.05, 4.69) is 5.32 Å². The summed E-state index contributed by atoms with van der Waals surface area (Å²) in [4.78, 5) is 12.3. The highest BCUT2D eigenvalue weighted by molar-refractivity contribution is 5.78. The van der Waals surface area contributed by atoms with Crippen LogP contribution in [0.1, 0.15) is 31.2 Å². The Kier molecular flexibility index (Phi) is 7.38. The number of para-hydroxylation sites is 1. The Labute approximate surface area is 176 Å². The quantitative estimate of drug-likeness (QED) is 0.706. The Hall–Kier alpha value is -2.96. The molecule has 0 aromatic heterocycles. The van der Waals surface area contributed by atoms with Crippen LogP contribution in [0.3, 0.4) is 0 Å². The summed E-state index contributed by atoms with van der Waals surface area (Å²) in [5.41, 5.74) is 0.618. The fourth-order valence-electron chi connectivity index (χ4n) is 3.74. The third-order valence-electron chi connectivity index (χ3n) is 5.28. The Bertz CT molecular complexity index is 865. The molecule has 30 heavy (non-hydrogen) atoms. The van der Waals surface area contributed by atoms with Crippen LogP contribution in [0.5, 0.6) is 23.0 Å². The van der Waals surface area contributed by atoms with Crippen LogP contribution in [0, 0.1) is 5.82 Å². The van der Waals surface area contributed by atoms with Gasteiger partial charge in [-0.05, 0) is 55.5 Å². The van der Waals surface area contributed by atoms with Crippen molar-refractivity contribution in [3.8, 4) is 23.0 Å². The summed E-state index contributed by atoms with van der Waals surface area (Å²) in [7, 11) is 4.59. The van der Waals surface area contributed by atoms with Crippen LogP contribution in [0.2, 0.25) is 0 Å². The number of hydrogen-bond acceptors (Lipinski definition) is 5. The zero-order valence-electron chi connectivity index (χ0n) is 17.6. The average molecular weight is 417 g/mol. The highest BCUT2D eigenvalue weighted by atomic mass is 19.1. The second kappa shape index (κ2) is 10.2. The first kappa shape index (κ1) is 21.7. The highest BCUT2D eigenvalue weighted by Crippen LogP contribution is 2.38. The molecule has 1 amide bonds. The van der Waals surface area contributed by atoms with Crippen molar-refractivity contribution in [3.63, 3.8) is 0 Å². The number of nitrogens with one attached hydrogen (secondary N) is 1. The number of rotatable bonds is 8. The van der Waals surface area contributed by atoms with Gasteiger partial charge in [-0.3, -0.25) is 4.79 Å². The largest absolute Gasteiger partial charge is 0.494 e. The lowest BCUT2D eigenvalue weighted by Crippen LogP contribution is -2.40. The van der Waals surface area contributed by atoms with Gasteiger partial charge in [-0.25, -0.2) is 4.39 Å². The van der Waals surface area contributed by atoms with Gasteiger partial charge in [-0.15, -0.1) is 0 Å². The maximum Gasteiger partial charge on any atom is 0.224 e. The Morgan fingerprint density at radius 1 is 0.967 bits per heavy atom. The van der Waals surface area contributed by atoms with E-state index in [1.165, 1.54) is 19.2 Å². The summed E-state index contributed by atoms with van der Waals surface area (Å²) in [6, 6.07) is 10.2. The van der Waals surface area contributed by atoms with Gasteiger partial charge in [-0.2, -0.15) is 0 Å². The van der Waals surface area contributed by atoms with Gasteiger partial charge in [0, 0.05) is 6.04 Å². The SMILES string of the molecule is COc1ccc(CC(=O)NC2CCC(Oc3cccc(OC)c3OC)CC2)cc1F. The summed E-state index contributed by atoms with van der Waals surface area (Å²) in [6.07, 6.45) is 3.47. The van der Waals surface area contributed by atoms with Gasteiger partial charge in [0.05, 0.1) is 33.9 Å². The summed E-state index contributed by atoms with van der Waals surface area (Å²) < 4.78 is 35.6. The molecule has 0 bridgehead atoms. The molecule has 0 unspecified atom stereocenters. The summed E-state index contributed by atoms with van der Waals surface area (Å²) >= 11 is 0. The molecule has 0 atom stereocenters. The molecule has 0 heterocycles. The molecule has 1 saturated carbocycles.